The molecule has 4 heteroatoms. The van der Waals surface area contributed by atoms with Crippen LogP contribution in [0.2, 0.25) is 0 Å². The minimum absolute atomic E-state index is 0.898. The van der Waals surface area contributed by atoms with Crippen molar-refractivity contribution in [1.29, 1.82) is 0 Å². The summed E-state index contributed by atoms with van der Waals surface area (Å²) in [5.41, 5.74) is 2.68. The number of aryl methyl sites for hydroxylation is 2. The van der Waals surface area contributed by atoms with E-state index in [0.717, 1.165) is 36.1 Å². The molecular formula is C23H23N3S. The molecule has 27 heavy (non-hydrogen) atoms. The average Bonchev–Trinajstić information content (AvgIpc) is 3.13. The molecule has 0 fully saturated rings. The molecule has 0 amide bonds. The van der Waals surface area contributed by atoms with Crippen LogP contribution in [0.1, 0.15) is 23.9 Å². The fourth-order valence-corrected chi connectivity index (χ4v) is 4.42. The lowest BCUT2D eigenvalue weighted by Crippen LogP contribution is -2.05. The van der Waals surface area contributed by atoms with E-state index >= 15 is 0 Å². The van der Waals surface area contributed by atoms with E-state index in [2.05, 4.69) is 94.5 Å². The van der Waals surface area contributed by atoms with Crippen LogP contribution in [0, 0.1) is 0 Å². The van der Waals surface area contributed by atoms with Crippen molar-refractivity contribution in [2.45, 2.75) is 37.2 Å². The maximum absolute atomic E-state index is 4.47. The molecule has 0 aliphatic heterocycles. The van der Waals surface area contributed by atoms with Crippen molar-refractivity contribution in [2.24, 2.45) is 0 Å². The quantitative estimate of drug-likeness (QED) is 0.399. The molecule has 0 spiro atoms. The Hall–Kier alpha value is -2.59. The van der Waals surface area contributed by atoms with E-state index in [1.165, 1.54) is 21.9 Å². The normalized spacial score (nSPS) is 11.1. The van der Waals surface area contributed by atoms with E-state index in [0.29, 0.717) is 0 Å². The molecule has 4 rings (SSSR count). The SMILES string of the molecule is CCn1c(CCc2ccccc2)nnc1SCc1cccc2ccccc12. The summed E-state index contributed by atoms with van der Waals surface area (Å²) in [6.45, 7) is 3.06. The van der Waals surface area contributed by atoms with Crippen LogP contribution < -0.4 is 0 Å². The second-order valence-corrected chi connectivity index (χ2v) is 7.50. The predicted octanol–water partition coefficient (Wildman–Crippen LogP) is 5.53. The number of fused-ring (bicyclic) bond motifs is 1. The molecule has 1 aromatic heterocycles. The number of hydrogen-bond donors (Lipinski definition) is 0. The predicted molar refractivity (Wildman–Crippen MR) is 113 cm³/mol. The number of benzene rings is 3. The van der Waals surface area contributed by atoms with E-state index in [9.17, 15) is 0 Å². The first kappa shape index (κ1) is 17.8. The summed E-state index contributed by atoms with van der Waals surface area (Å²) < 4.78 is 2.25. The van der Waals surface area contributed by atoms with Gasteiger partial charge in [0.25, 0.3) is 0 Å². The summed E-state index contributed by atoms with van der Waals surface area (Å²) in [4.78, 5) is 0. The molecule has 0 aliphatic rings. The molecule has 3 aromatic carbocycles. The first-order chi connectivity index (χ1) is 13.3. The molecule has 0 unspecified atom stereocenters. The Morgan fingerprint density at radius 2 is 1.59 bits per heavy atom. The number of hydrogen-bond acceptors (Lipinski definition) is 3. The van der Waals surface area contributed by atoms with Crippen molar-refractivity contribution in [2.75, 3.05) is 0 Å². The molecule has 0 atom stereocenters. The Labute approximate surface area is 164 Å². The van der Waals surface area contributed by atoms with Crippen molar-refractivity contribution in [1.82, 2.24) is 14.8 Å². The topological polar surface area (TPSA) is 30.7 Å². The van der Waals surface area contributed by atoms with Gasteiger partial charge in [-0.2, -0.15) is 0 Å². The minimum Gasteiger partial charge on any atom is -0.306 e. The second-order valence-electron chi connectivity index (χ2n) is 6.56. The van der Waals surface area contributed by atoms with Crippen molar-refractivity contribution < 1.29 is 0 Å². The third kappa shape index (κ3) is 4.06. The highest BCUT2D eigenvalue weighted by molar-refractivity contribution is 7.98. The second kappa shape index (κ2) is 8.40. The lowest BCUT2D eigenvalue weighted by Gasteiger charge is -2.09. The fraction of sp³-hybridized carbons (Fsp3) is 0.217. The number of rotatable bonds is 7. The van der Waals surface area contributed by atoms with Gasteiger partial charge in [0.15, 0.2) is 5.16 Å². The largest absolute Gasteiger partial charge is 0.306 e. The van der Waals surface area contributed by atoms with Gasteiger partial charge in [-0.15, -0.1) is 10.2 Å². The molecule has 0 saturated carbocycles. The van der Waals surface area contributed by atoms with E-state index in [-0.39, 0.29) is 0 Å². The summed E-state index contributed by atoms with van der Waals surface area (Å²) >= 11 is 1.77. The van der Waals surface area contributed by atoms with Crippen LogP contribution in [0.15, 0.2) is 78.0 Å². The summed E-state index contributed by atoms with van der Waals surface area (Å²) in [5.74, 6) is 1.97. The van der Waals surface area contributed by atoms with Gasteiger partial charge in [-0.25, -0.2) is 0 Å². The minimum atomic E-state index is 0.898. The third-order valence-corrected chi connectivity index (χ3v) is 5.84. The van der Waals surface area contributed by atoms with Crippen LogP contribution in [0.5, 0.6) is 0 Å². The maximum Gasteiger partial charge on any atom is 0.191 e. The maximum atomic E-state index is 4.47. The Morgan fingerprint density at radius 1 is 0.815 bits per heavy atom. The van der Waals surface area contributed by atoms with Crippen molar-refractivity contribution in [3.63, 3.8) is 0 Å². The van der Waals surface area contributed by atoms with E-state index in [4.69, 9.17) is 0 Å². The van der Waals surface area contributed by atoms with Crippen LogP contribution in [-0.4, -0.2) is 14.8 Å². The lowest BCUT2D eigenvalue weighted by molar-refractivity contribution is 0.638. The molecule has 3 nitrogen and oxygen atoms in total. The van der Waals surface area contributed by atoms with Crippen molar-refractivity contribution in [3.05, 3.63) is 89.7 Å². The first-order valence-corrected chi connectivity index (χ1v) is 10.4. The Kier molecular flexibility index (Phi) is 5.54. The molecule has 0 N–H and O–H groups in total. The van der Waals surface area contributed by atoms with E-state index in [1.54, 1.807) is 11.8 Å². The van der Waals surface area contributed by atoms with Crippen LogP contribution >= 0.6 is 11.8 Å². The zero-order valence-electron chi connectivity index (χ0n) is 15.5. The van der Waals surface area contributed by atoms with Gasteiger partial charge in [0, 0.05) is 18.7 Å². The van der Waals surface area contributed by atoms with Gasteiger partial charge in [0.05, 0.1) is 0 Å². The molecule has 0 radical (unpaired) electrons. The highest BCUT2D eigenvalue weighted by Crippen LogP contribution is 2.27. The molecule has 0 aliphatic carbocycles. The standard InChI is InChI=1S/C23H23N3S/c1-2-26-22(16-15-18-9-4-3-5-10-18)24-25-23(26)27-17-20-13-8-12-19-11-6-7-14-21(19)20/h3-14H,2,15-17H2,1H3. The monoisotopic (exact) mass is 373 g/mol. The highest BCUT2D eigenvalue weighted by Gasteiger charge is 2.12. The van der Waals surface area contributed by atoms with Gasteiger partial charge >= 0.3 is 0 Å². The number of aromatic nitrogens is 3. The zero-order chi connectivity index (χ0) is 18.5. The van der Waals surface area contributed by atoms with E-state index in [1.807, 2.05) is 0 Å². The van der Waals surface area contributed by atoms with Crippen LogP contribution in [0.3, 0.4) is 0 Å². The summed E-state index contributed by atoms with van der Waals surface area (Å²) in [7, 11) is 0. The summed E-state index contributed by atoms with van der Waals surface area (Å²) in [6.07, 6.45) is 1.91. The Balaban J connectivity index is 1.48. The van der Waals surface area contributed by atoms with Crippen molar-refractivity contribution >= 4 is 22.5 Å². The fourth-order valence-electron chi connectivity index (χ4n) is 3.39. The molecular weight excluding hydrogens is 350 g/mol. The van der Waals surface area contributed by atoms with Gasteiger partial charge < -0.3 is 4.57 Å². The zero-order valence-corrected chi connectivity index (χ0v) is 16.3. The molecule has 0 bridgehead atoms. The van der Waals surface area contributed by atoms with E-state index < -0.39 is 0 Å². The highest BCUT2D eigenvalue weighted by atomic mass is 32.2. The molecule has 4 aromatic rings. The van der Waals surface area contributed by atoms with Gasteiger partial charge in [-0.3, -0.25) is 0 Å². The molecule has 136 valence electrons. The number of thioether (sulfide) groups is 1. The molecule has 0 saturated heterocycles. The average molecular weight is 374 g/mol. The van der Waals surface area contributed by atoms with Gasteiger partial charge in [0.1, 0.15) is 5.82 Å². The van der Waals surface area contributed by atoms with Gasteiger partial charge in [-0.05, 0) is 35.2 Å². The van der Waals surface area contributed by atoms with Crippen molar-refractivity contribution in [3.8, 4) is 0 Å². The Bertz CT molecular complexity index is 1020. The van der Waals surface area contributed by atoms with Crippen LogP contribution in [-0.2, 0) is 25.1 Å². The Morgan fingerprint density at radius 3 is 2.44 bits per heavy atom. The van der Waals surface area contributed by atoms with Crippen LogP contribution in [0.4, 0.5) is 0 Å². The van der Waals surface area contributed by atoms with Gasteiger partial charge in [-0.1, -0.05) is 84.6 Å². The third-order valence-electron chi connectivity index (χ3n) is 4.83. The van der Waals surface area contributed by atoms with Crippen LogP contribution in [0.25, 0.3) is 10.8 Å². The first-order valence-electron chi connectivity index (χ1n) is 9.40. The van der Waals surface area contributed by atoms with Gasteiger partial charge in [0.2, 0.25) is 0 Å². The lowest BCUT2D eigenvalue weighted by atomic mass is 10.1. The summed E-state index contributed by atoms with van der Waals surface area (Å²) in [6, 6.07) is 25.6. The summed E-state index contributed by atoms with van der Waals surface area (Å²) in [5, 5.41) is 12.6. The molecule has 1 heterocycles. The smallest absolute Gasteiger partial charge is 0.191 e. The number of nitrogens with zero attached hydrogens (tertiary/aromatic N) is 3.